The van der Waals surface area contributed by atoms with Crippen molar-refractivity contribution in [2.24, 2.45) is 0 Å². The predicted octanol–water partition coefficient (Wildman–Crippen LogP) is 2.47. The van der Waals surface area contributed by atoms with Crippen molar-refractivity contribution in [3.05, 3.63) is 52.7 Å². The summed E-state index contributed by atoms with van der Waals surface area (Å²) in [6.45, 7) is 2.19. The summed E-state index contributed by atoms with van der Waals surface area (Å²) >= 11 is 6.25. The second-order valence-electron chi connectivity index (χ2n) is 5.86. The fraction of sp³-hybridized carbons (Fsp3) is 0.294. The smallest absolute Gasteiger partial charge is 0.241 e. The maximum Gasteiger partial charge on any atom is 0.241 e. The number of hydrogen-bond donors (Lipinski definition) is 0. The van der Waals surface area contributed by atoms with Crippen molar-refractivity contribution in [1.82, 2.24) is 24.6 Å². The van der Waals surface area contributed by atoms with Gasteiger partial charge in [-0.15, -0.1) is 0 Å². The Kier molecular flexibility index (Phi) is 4.49. The molecule has 0 aromatic carbocycles. The van der Waals surface area contributed by atoms with E-state index in [0.717, 1.165) is 27.9 Å². The van der Waals surface area contributed by atoms with Gasteiger partial charge in [-0.3, -0.25) is 9.78 Å². The van der Waals surface area contributed by atoms with Gasteiger partial charge in [-0.1, -0.05) is 11.6 Å². The van der Waals surface area contributed by atoms with E-state index in [4.69, 9.17) is 11.6 Å². The second-order valence-corrected chi connectivity index (χ2v) is 6.26. The monoisotopic (exact) mass is 343 g/mol. The number of aryl methyl sites for hydroxylation is 1. The van der Waals surface area contributed by atoms with Crippen LogP contribution in [0.4, 0.5) is 0 Å². The molecule has 0 saturated heterocycles. The van der Waals surface area contributed by atoms with Gasteiger partial charge in [0.1, 0.15) is 6.54 Å². The second kappa shape index (κ2) is 6.57. The third-order valence-electron chi connectivity index (χ3n) is 4.03. The minimum Gasteiger partial charge on any atom is -0.347 e. The molecule has 124 valence electrons. The van der Waals surface area contributed by atoms with Crippen LogP contribution in [0.5, 0.6) is 0 Å². The average Bonchev–Trinajstić information content (AvgIpc) is 2.95. The number of nitrogens with zero attached hydrogens (tertiary/aromatic N) is 5. The number of hydrogen-bond acceptors (Lipinski definition) is 4. The Labute approximate surface area is 145 Å². The predicted molar refractivity (Wildman–Crippen MR) is 93.0 cm³/mol. The fourth-order valence-electron chi connectivity index (χ4n) is 2.60. The molecule has 24 heavy (non-hydrogen) atoms. The molecular formula is C17H18ClN5O. The van der Waals surface area contributed by atoms with Gasteiger partial charge in [-0.2, -0.15) is 10.2 Å². The molecular weight excluding hydrogens is 326 g/mol. The van der Waals surface area contributed by atoms with Gasteiger partial charge in [-0.05, 0) is 19.1 Å². The first-order valence-corrected chi connectivity index (χ1v) is 7.94. The van der Waals surface area contributed by atoms with Crippen LogP contribution in [0.1, 0.15) is 17.0 Å². The lowest BCUT2D eigenvalue weighted by Gasteiger charge is -2.12. The van der Waals surface area contributed by atoms with Crippen molar-refractivity contribution in [3.63, 3.8) is 0 Å². The lowest BCUT2D eigenvalue weighted by molar-refractivity contribution is -0.129. The first-order chi connectivity index (χ1) is 11.5. The molecule has 3 aromatic heterocycles. The van der Waals surface area contributed by atoms with Gasteiger partial charge in [0.05, 0.1) is 28.1 Å². The first kappa shape index (κ1) is 16.4. The first-order valence-electron chi connectivity index (χ1n) is 7.57. The SMILES string of the molecule is Cc1nncc(Cl)c1Cc1nccc2c1ccn2CC(=O)N(C)C. The molecule has 0 spiro atoms. The zero-order chi connectivity index (χ0) is 17.3. The molecule has 3 rings (SSSR count). The molecule has 7 heteroatoms. The number of likely N-dealkylation sites (N-methyl/N-ethyl adjacent to an activating group) is 1. The molecule has 0 atom stereocenters. The van der Waals surface area contributed by atoms with Crippen LogP contribution in [-0.2, 0) is 17.8 Å². The normalized spacial score (nSPS) is 11.0. The van der Waals surface area contributed by atoms with E-state index in [2.05, 4.69) is 15.2 Å². The van der Waals surface area contributed by atoms with Crippen molar-refractivity contribution in [3.8, 4) is 0 Å². The molecule has 0 unspecified atom stereocenters. The largest absolute Gasteiger partial charge is 0.347 e. The number of fused-ring (bicyclic) bond motifs is 1. The topological polar surface area (TPSA) is 63.9 Å². The number of aromatic nitrogens is 4. The summed E-state index contributed by atoms with van der Waals surface area (Å²) < 4.78 is 1.93. The van der Waals surface area contributed by atoms with Crippen LogP contribution >= 0.6 is 11.6 Å². The van der Waals surface area contributed by atoms with E-state index in [-0.39, 0.29) is 5.91 Å². The minimum atomic E-state index is 0.0445. The van der Waals surface area contributed by atoms with Crippen LogP contribution < -0.4 is 0 Å². The Hall–Kier alpha value is -2.47. The van der Waals surface area contributed by atoms with Crippen molar-refractivity contribution in [1.29, 1.82) is 0 Å². The van der Waals surface area contributed by atoms with Crippen LogP contribution in [0.15, 0.2) is 30.7 Å². The quantitative estimate of drug-likeness (QED) is 0.730. The summed E-state index contributed by atoms with van der Waals surface area (Å²) in [6.07, 6.45) is 5.79. The van der Waals surface area contributed by atoms with E-state index < -0.39 is 0 Å². The molecule has 6 nitrogen and oxygen atoms in total. The highest BCUT2D eigenvalue weighted by Crippen LogP contribution is 2.25. The van der Waals surface area contributed by atoms with E-state index >= 15 is 0 Å². The molecule has 0 saturated carbocycles. The molecule has 0 aliphatic heterocycles. The molecule has 3 heterocycles. The van der Waals surface area contributed by atoms with Crippen molar-refractivity contribution < 1.29 is 4.79 Å². The Morgan fingerprint density at radius 2 is 2.12 bits per heavy atom. The molecule has 0 bridgehead atoms. The van der Waals surface area contributed by atoms with Gasteiger partial charge < -0.3 is 9.47 Å². The van der Waals surface area contributed by atoms with E-state index in [0.29, 0.717) is 18.0 Å². The molecule has 0 aliphatic carbocycles. The van der Waals surface area contributed by atoms with Crippen LogP contribution in [-0.4, -0.2) is 44.7 Å². The van der Waals surface area contributed by atoms with Crippen LogP contribution in [0.3, 0.4) is 0 Å². The lowest BCUT2D eigenvalue weighted by Crippen LogP contribution is -2.25. The minimum absolute atomic E-state index is 0.0445. The van der Waals surface area contributed by atoms with E-state index in [1.807, 2.05) is 29.8 Å². The Morgan fingerprint density at radius 3 is 2.83 bits per heavy atom. The number of amides is 1. The van der Waals surface area contributed by atoms with Crippen LogP contribution in [0.25, 0.3) is 10.9 Å². The summed E-state index contributed by atoms with van der Waals surface area (Å²) in [7, 11) is 3.50. The standard InChI is InChI=1S/C17H18ClN5O/c1-11-13(14(18)9-20-21-11)8-15-12-5-7-23(10-17(24)22(2)3)16(12)4-6-19-15/h4-7,9H,8,10H2,1-3H3. The molecule has 0 radical (unpaired) electrons. The van der Waals surface area contributed by atoms with Gasteiger partial charge >= 0.3 is 0 Å². The third kappa shape index (κ3) is 3.10. The summed E-state index contributed by atoms with van der Waals surface area (Å²) in [6, 6.07) is 3.90. The van der Waals surface area contributed by atoms with Gasteiger partial charge in [0.15, 0.2) is 0 Å². The van der Waals surface area contributed by atoms with Gasteiger partial charge in [0, 0.05) is 43.9 Å². The number of carbonyl (C=O) groups is 1. The maximum absolute atomic E-state index is 12.0. The number of carbonyl (C=O) groups excluding carboxylic acids is 1. The average molecular weight is 344 g/mol. The summed E-state index contributed by atoms with van der Waals surface area (Å²) in [5.74, 6) is 0.0445. The molecule has 0 aliphatic rings. The van der Waals surface area contributed by atoms with Crippen molar-refractivity contribution >= 4 is 28.4 Å². The number of halogens is 1. The summed E-state index contributed by atoms with van der Waals surface area (Å²) in [5.41, 5.74) is 3.60. The highest BCUT2D eigenvalue weighted by molar-refractivity contribution is 6.31. The van der Waals surface area contributed by atoms with Gasteiger partial charge in [0.2, 0.25) is 5.91 Å². The number of rotatable bonds is 4. The maximum atomic E-state index is 12.0. The highest BCUT2D eigenvalue weighted by Gasteiger charge is 2.13. The molecule has 0 fully saturated rings. The zero-order valence-electron chi connectivity index (χ0n) is 13.8. The highest BCUT2D eigenvalue weighted by atomic mass is 35.5. The third-order valence-corrected chi connectivity index (χ3v) is 4.36. The molecule has 1 amide bonds. The van der Waals surface area contributed by atoms with Crippen molar-refractivity contribution in [2.75, 3.05) is 14.1 Å². The van der Waals surface area contributed by atoms with E-state index in [1.54, 1.807) is 31.4 Å². The molecule has 0 N–H and O–H groups in total. The summed E-state index contributed by atoms with van der Waals surface area (Å²) in [5, 5.41) is 9.51. The Bertz CT molecular complexity index is 883. The van der Waals surface area contributed by atoms with Gasteiger partial charge in [0.25, 0.3) is 0 Å². The zero-order valence-corrected chi connectivity index (χ0v) is 14.6. The Balaban J connectivity index is 1.99. The summed E-state index contributed by atoms with van der Waals surface area (Å²) in [4.78, 5) is 18.1. The Morgan fingerprint density at radius 1 is 1.33 bits per heavy atom. The fourth-order valence-corrected chi connectivity index (χ4v) is 2.85. The number of pyridine rings is 1. The van der Waals surface area contributed by atoms with E-state index in [1.165, 1.54) is 0 Å². The lowest BCUT2D eigenvalue weighted by atomic mass is 10.1. The van der Waals surface area contributed by atoms with E-state index in [9.17, 15) is 4.79 Å². The van der Waals surface area contributed by atoms with Gasteiger partial charge in [-0.25, -0.2) is 0 Å². The van der Waals surface area contributed by atoms with Crippen LogP contribution in [0.2, 0.25) is 5.02 Å². The molecule has 3 aromatic rings. The van der Waals surface area contributed by atoms with Crippen LogP contribution in [0, 0.1) is 6.92 Å². The van der Waals surface area contributed by atoms with Crippen molar-refractivity contribution in [2.45, 2.75) is 19.9 Å².